The molecule has 3 fully saturated rings. The summed E-state index contributed by atoms with van der Waals surface area (Å²) in [5, 5.41) is 0. The van der Waals surface area contributed by atoms with E-state index in [1.165, 1.54) is 38.6 Å². The van der Waals surface area contributed by atoms with Gasteiger partial charge >= 0.3 is 0 Å². The molecule has 3 heterocycles. The van der Waals surface area contributed by atoms with E-state index in [4.69, 9.17) is 4.74 Å². The van der Waals surface area contributed by atoms with E-state index in [9.17, 15) is 0 Å². The van der Waals surface area contributed by atoms with Gasteiger partial charge in [0.15, 0.2) is 0 Å². The molecule has 0 radical (unpaired) electrons. The van der Waals surface area contributed by atoms with Crippen molar-refractivity contribution in [2.75, 3.05) is 13.2 Å². The zero-order valence-corrected chi connectivity index (χ0v) is 10.0. The van der Waals surface area contributed by atoms with Crippen molar-refractivity contribution in [2.45, 2.75) is 63.6 Å². The van der Waals surface area contributed by atoms with E-state index in [-0.39, 0.29) is 0 Å². The van der Waals surface area contributed by atoms with E-state index in [1.807, 2.05) is 0 Å². The molecule has 2 nitrogen and oxygen atoms in total. The van der Waals surface area contributed by atoms with Crippen molar-refractivity contribution < 1.29 is 4.74 Å². The lowest BCUT2D eigenvalue weighted by atomic mass is 9.82. The van der Waals surface area contributed by atoms with E-state index in [1.54, 1.807) is 0 Å². The summed E-state index contributed by atoms with van der Waals surface area (Å²) in [5.41, 5.74) is 0.500. The second-order valence-electron chi connectivity index (χ2n) is 5.88. The number of hydrogen-bond acceptors (Lipinski definition) is 2. The molecule has 86 valence electrons. The van der Waals surface area contributed by atoms with Crippen LogP contribution in [0.1, 0.15) is 46.0 Å². The van der Waals surface area contributed by atoms with E-state index in [0.29, 0.717) is 11.6 Å². The lowest BCUT2D eigenvalue weighted by Gasteiger charge is -2.38. The predicted octanol–water partition coefficient (Wildman–Crippen LogP) is 2.43. The minimum Gasteiger partial charge on any atom is -0.377 e. The summed E-state index contributed by atoms with van der Waals surface area (Å²) in [6.07, 6.45) is 7.31. The first-order valence-electron chi connectivity index (χ1n) is 6.62. The Hall–Kier alpha value is -0.0800. The Balaban J connectivity index is 1.89. The number of nitrogens with zero attached hydrogens (tertiary/aromatic N) is 1. The fraction of sp³-hybridized carbons (Fsp3) is 1.00. The van der Waals surface area contributed by atoms with Crippen molar-refractivity contribution in [1.82, 2.24) is 4.90 Å². The van der Waals surface area contributed by atoms with Gasteiger partial charge in [0.05, 0.1) is 6.10 Å². The van der Waals surface area contributed by atoms with E-state index >= 15 is 0 Å². The highest BCUT2D eigenvalue weighted by Crippen LogP contribution is 2.49. The summed E-state index contributed by atoms with van der Waals surface area (Å²) in [6, 6.07) is 0.753. The first kappa shape index (κ1) is 10.1. The molecule has 0 amide bonds. The van der Waals surface area contributed by atoms with Gasteiger partial charge < -0.3 is 4.74 Å². The largest absolute Gasteiger partial charge is 0.377 e. The number of ether oxygens (including phenoxy) is 1. The van der Waals surface area contributed by atoms with E-state index in [0.717, 1.165) is 18.6 Å². The molecule has 3 atom stereocenters. The molecule has 0 aliphatic carbocycles. The van der Waals surface area contributed by atoms with Gasteiger partial charge in [0.2, 0.25) is 0 Å². The summed E-state index contributed by atoms with van der Waals surface area (Å²) in [7, 11) is 0. The lowest BCUT2D eigenvalue weighted by Crippen LogP contribution is -2.47. The van der Waals surface area contributed by atoms with Crippen molar-refractivity contribution in [1.29, 1.82) is 0 Å². The summed E-state index contributed by atoms with van der Waals surface area (Å²) in [5.74, 6) is 0.786. The zero-order chi connectivity index (χ0) is 10.5. The van der Waals surface area contributed by atoms with Crippen LogP contribution in [-0.2, 0) is 4.74 Å². The molecule has 0 aromatic rings. The normalized spacial score (nSPS) is 45.8. The van der Waals surface area contributed by atoms with Crippen molar-refractivity contribution >= 4 is 0 Å². The standard InChI is InChI=1S/C13H23NO/c1-10(2)13-6-4-7-14(13)11-5-3-8-15-12(11)9-13/h10-12H,3-9H2,1-2H3. The van der Waals surface area contributed by atoms with Gasteiger partial charge in [-0.15, -0.1) is 0 Å². The minimum absolute atomic E-state index is 0.500. The SMILES string of the molecule is CC(C)C12CCCN1C1CCCOC1C2. The molecule has 0 aromatic carbocycles. The maximum atomic E-state index is 5.97. The van der Waals surface area contributed by atoms with Gasteiger partial charge in [0.25, 0.3) is 0 Å². The van der Waals surface area contributed by atoms with Crippen LogP contribution < -0.4 is 0 Å². The summed E-state index contributed by atoms with van der Waals surface area (Å²) in [4.78, 5) is 2.81. The third-order valence-electron chi connectivity index (χ3n) is 5.02. The number of rotatable bonds is 1. The first-order chi connectivity index (χ1) is 7.24. The average Bonchev–Trinajstić information content (AvgIpc) is 2.73. The van der Waals surface area contributed by atoms with Crippen LogP contribution in [0.15, 0.2) is 0 Å². The molecule has 3 saturated heterocycles. The van der Waals surface area contributed by atoms with Crippen LogP contribution in [-0.4, -0.2) is 35.7 Å². The minimum atomic E-state index is 0.500. The van der Waals surface area contributed by atoms with Crippen molar-refractivity contribution in [3.63, 3.8) is 0 Å². The maximum absolute atomic E-state index is 5.97. The van der Waals surface area contributed by atoms with Gasteiger partial charge in [0, 0.05) is 18.2 Å². The monoisotopic (exact) mass is 209 g/mol. The molecule has 2 heteroatoms. The second kappa shape index (κ2) is 3.46. The first-order valence-corrected chi connectivity index (χ1v) is 6.62. The van der Waals surface area contributed by atoms with Crippen LogP contribution in [0.5, 0.6) is 0 Å². The van der Waals surface area contributed by atoms with E-state index < -0.39 is 0 Å². The van der Waals surface area contributed by atoms with Crippen LogP contribution >= 0.6 is 0 Å². The Bertz CT molecular complexity index is 253. The highest BCUT2D eigenvalue weighted by Gasteiger charge is 2.55. The fourth-order valence-corrected chi connectivity index (χ4v) is 4.22. The molecule has 0 N–H and O–H groups in total. The summed E-state index contributed by atoms with van der Waals surface area (Å²) < 4.78 is 5.97. The molecule has 0 aromatic heterocycles. The quantitative estimate of drug-likeness (QED) is 0.657. The van der Waals surface area contributed by atoms with Crippen LogP contribution in [0.4, 0.5) is 0 Å². The van der Waals surface area contributed by atoms with Crippen molar-refractivity contribution in [3.8, 4) is 0 Å². The summed E-state index contributed by atoms with van der Waals surface area (Å²) >= 11 is 0. The van der Waals surface area contributed by atoms with Gasteiger partial charge in [-0.3, -0.25) is 4.90 Å². The lowest BCUT2D eigenvalue weighted by molar-refractivity contribution is -0.0117. The highest BCUT2D eigenvalue weighted by atomic mass is 16.5. The summed E-state index contributed by atoms with van der Waals surface area (Å²) in [6.45, 7) is 7.12. The topological polar surface area (TPSA) is 12.5 Å². The van der Waals surface area contributed by atoms with E-state index in [2.05, 4.69) is 18.7 Å². The third-order valence-corrected chi connectivity index (χ3v) is 5.02. The second-order valence-corrected chi connectivity index (χ2v) is 5.88. The Labute approximate surface area is 93.0 Å². The molecular weight excluding hydrogens is 186 g/mol. The van der Waals surface area contributed by atoms with Gasteiger partial charge in [-0.2, -0.15) is 0 Å². The Morgan fingerprint density at radius 1 is 1.33 bits per heavy atom. The third kappa shape index (κ3) is 1.31. The van der Waals surface area contributed by atoms with Gasteiger partial charge in [-0.1, -0.05) is 13.8 Å². The smallest absolute Gasteiger partial charge is 0.0748 e. The van der Waals surface area contributed by atoms with Gasteiger partial charge in [0.1, 0.15) is 0 Å². The predicted molar refractivity (Wildman–Crippen MR) is 60.9 cm³/mol. The molecule has 0 saturated carbocycles. The van der Waals surface area contributed by atoms with Crippen LogP contribution in [0.3, 0.4) is 0 Å². The molecule has 3 aliphatic heterocycles. The molecule has 0 spiro atoms. The molecule has 3 unspecified atom stereocenters. The molecule has 0 bridgehead atoms. The van der Waals surface area contributed by atoms with Crippen LogP contribution in [0, 0.1) is 5.92 Å². The Morgan fingerprint density at radius 2 is 2.20 bits per heavy atom. The maximum Gasteiger partial charge on any atom is 0.0748 e. The van der Waals surface area contributed by atoms with Crippen molar-refractivity contribution in [2.24, 2.45) is 5.92 Å². The molecule has 15 heavy (non-hydrogen) atoms. The van der Waals surface area contributed by atoms with Crippen LogP contribution in [0.25, 0.3) is 0 Å². The average molecular weight is 209 g/mol. The zero-order valence-electron chi connectivity index (χ0n) is 10.0. The number of hydrogen-bond donors (Lipinski definition) is 0. The van der Waals surface area contributed by atoms with Gasteiger partial charge in [-0.05, 0) is 44.6 Å². The number of fused-ring (bicyclic) bond motifs is 3. The Morgan fingerprint density at radius 3 is 3.00 bits per heavy atom. The molecule has 3 rings (SSSR count). The Kier molecular flexibility index (Phi) is 2.33. The van der Waals surface area contributed by atoms with Gasteiger partial charge in [-0.25, -0.2) is 0 Å². The fourth-order valence-electron chi connectivity index (χ4n) is 4.22. The van der Waals surface area contributed by atoms with Crippen molar-refractivity contribution in [3.05, 3.63) is 0 Å². The highest BCUT2D eigenvalue weighted by molar-refractivity contribution is 5.10. The molecular formula is C13H23NO. The van der Waals surface area contributed by atoms with Crippen LogP contribution in [0.2, 0.25) is 0 Å². The molecule has 3 aliphatic rings.